The van der Waals surface area contributed by atoms with Crippen LogP contribution < -0.4 is 15.4 Å². The van der Waals surface area contributed by atoms with Crippen LogP contribution in [-0.2, 0) is 17.4 Å². The van der Waals surface area contributed by atoms with Crippen LogP contribution in [-0.4, -0.2) is 71.6 Å². The summed E-state index contributed by atoms with van der Waals surface area (Å²) >= 11 is 0. The van der Waals surface area contributed by atoms with E-state index in [-0.39, 0.29) is 60.8 Å². The molecule has 3 atom stereocenters. The van der Waals surface area contributed by atoms with Gasteiger partial charge in [0.2, 0.25) is 5.91 Å². The lowest BCUT2D eigenvalue weighted by Crippen LogP contribution is -2.50. The maximum Gasteiger partial charge on any atom is 0.416 e. The Kier molecular flexibility index (Phi) is 10.1. The Morgan fingerprint density at radius 2 is 1.70 bits per heavy atom. The largest absolute Gasteiger partial charge is 0.487 e. The Balaban J connectivity index is 1.52. The molecule has 0 spiro atoms. The zero-order valence-electron chi connectivity index (χ0n) is 24.6. The van der Waals surface area contributed by atoms with E-state index in [1.165, 1.54) is 35.0 Å². The molecule has 0 saturated heterocycles. The molecule has 4 amide bonds. The van der Waals surface area contributed by atoms with E-state index in [4.69, 9.17) is 4.74 Å². The van der Waals surface area contributed by atoms with E-state index in [1.54, 1.807) is 19.1 Å². The summed E-state index contributed by atoms with van der Waals surface area (Å²) < 4.78 is 45.0. The smallest absolute Gasteiger partial charge is 0.416 e. The molecule has 44 heavy (non-hydrogen) atoms. The number of carbonyl (C=O) groups is 3. The summed E-state index contributed by atoms with van der Waals surface area (Å²) in [5, 5.41) is 15.3. The Morgan fingerprint density at radius 3 is 2.34 bits per heavy atom. The number of hydrogen-bond donors (Lipinski definition) is 3. The number of ether oxygens (including phenoxy) is 1. The summed E-state index contributed by atoms with van der Waals surface area (Å²) in [7, 11) is 1.53. The molecule has 1 aliphatic rings. The van der Waals surface area contributed by atoms with Crippen molar-refractivity contribution in [2.45, 2.75) is 38.6 Å². The van der Waals surface area contributed by atoms with Crippen molar-refractivity contribution < 1.29 is 37.4 Å². The lowest BCUT2D eigenvalue weighted by molar-refractivity contribution is -0.137. The number of nitrogens with zero attached hydrogens (tertiary/aromatic N) is 2. The summed E-state index contributed by atoms with van der Waals surface area (Å²) in [6.07, 6.45) is -4.94. The van der Waals surface area contributed by atoms with Gasteiger partial charge in [0, 0.05) is 30.9 Å². The monoisotopic (exact) mass is 612 g/mol. The lowest BCUT2D eigenvalue weighted by Gasteiger charge is -2.38. The van der Waals surface area contributed by atoms with Gasteiger partial charge < -0.3 is 30.3 Å². The van der Waals surface area contributed by atoms with Crippen molar-refractivity contribution >= 4 is 29.2 Å². The van der Waals surface area contributed by atoms with Crippen LogP contribution in [0.4, 0.5) is 29.3 Å². The molecular weight excluding hydrogens is 577 g/mol. The Morgan fingerprint density at radius 1 is 1.05 bits per heavy atom. The normalized spacial score (nSPS) is 17.4. The summed E-state index contributed by atoms with van der Waals surface area (Å²) in [4.78, 5) is 42.2. The predicted molar refractivity (Wildman–Crippen MR) is 159 cm³/mol. The number of urea groups is 1. The van der Waals surface area contributed by atoms with E-state index < -0.39 is 29.9 Å². The Hall–Kier alpha value is -4.58. The van der Waals surface area contributed by atoms with Gasteiger partial charge in [-0.05, 0) is 55.0 Å². The number of benzene rings is 3. The van der Waals surface area contributed by atoms with Crippen LogP contribution in [0.3, 0.4) is 0 Å². The molecule has 1 aliphatic heterocycles. The summed E-state index contributed by atoms with van der Waals surface area (Å²) in [5.41, 5.74) is 0.798. The van der Waals surface area contributed by atoms with Gasteiger partial charge in [-0.1, -0.05) is 37.3 Å². The molecule has 0 radical (unpaired) electrons. The molecule has 0 bridgehead atoms. The zero-order chi connectivity index (χ0) is 32.0. The first-order chi connectivity index (χ1) is 20.8. The molecular formula is C32H35F3N4O5. The number of likely N-dealkylation sites (N-methyl/N-ethyl adjacent to an activating group) is 1. The van der Waals surface area contributed by atoms with Gasteiger partial charge in [0.05, 0.1) is 36.7 Å². The second-order valence-electron chi connectivity index (χ2n) is 10.9. The highest BCUT2D eigenvalue weighted by molar-refractivity contribution is 6.00. The fourth-order valence-electron chi connectivity index (χ4n) is 4.82. The highest BCUT2D eigenvalue weighted by atomic mass is 19.4. The number of anilines is 2. The van der Waals surface area contributed by atoms with E-state index in [9.17, 15) is 32.7 Å². The van der Waals surface area contributed by atoms with Gasteiger partial charge in [-0.15, -0.1) is 0 Å². The van der Waals surface area contributed by atoms with Gasteiger partial charge in [-0.25, -0.2) is 4.79 Å². The SMILES string of the molecule is C[C@H]1CN([C@@H](C)CO)C(=O)c2cc(NC(=O)Cc3ccccc3)ccc2O[C@H]1CN(C)C(=O)Nc1ccc(C(F)(F)F)cc1. The van der Waals surface area contributed by atoms with Gasteiger partial charge in [0.25, 0.3) is 5.91 Å². The standard InChI is InChI=1S/C32H35F3N4O5/c1-20-17-39(21(2)19-40)30(42)26-16-25(36-29(41)15-22-7-5-4-6-8-22)13-14-27(26)44-28(20)18-38(3)31(43)37-24-11-9-23(10-12-24)32(33,34)35/h4-14,16,20-21,28,40H,15,17-19H2,1-3H3,(H,36,41)(H,37,43)/t20-,21-,28-/m0/s1. The minimum Gasteiger partial charge on any atom is -0.487 e. The number of fused-ring (bicyclic) bond motifs is 1. The van der Waals surface area contributed by atoms with Gasteiger partial charge in [0.1, 0.15) is 11.9 Å². The number of hydrogen-bond acceptors (Lipinski definition) is 5. The molecule has 3 N–H and O–H groups in total. The molecule has 3 aromatic carbocycles. The zero-order valence-corrected chi connectivity index (χ0v) is 24.6. The molecule has 9 nitrogen and oxygen atoms in total. The second kappa shape index (κ2) is 13.8. The number of carbonyl (C=O) groups excluding carboxylic acids is 3. The predicted octanol–water partition coefficient (Wildman–Crippen LogP) is 5.27. The average molecular weight is 613 g/mol. The number of amides is 4. The fraction of sp³-hybridized carbons (Fsp3) is 0.344. The first kappa shape index (κ1) is 32.3. The summed E-state index contributed by atoms with van der Waals surface area (Å²) in [5.74, 6) is -0.672. The van der Waals surface area contributed by atoms with Crippen molar-refractivity contribution in [3.05, 3.63) is 89.5 Å². The number of halogens is 3. The Bertz CT molecular complexity index is 1470. The molecule has 0 aromatic heterocycles. The number of aliphatic hydroxyl groups excluding tert-OH is 1. The molecule has 234 valence electrons. The Labute approximate surface area is 253 Å². The third-order valence-corrected chi connectivity index (χ3v) is 7.42. The second-order valence-corrected chi connectivity index (χ2v) is 10.9. The fourth-order valence-corrected chi connectivity index (χ4v) is 4.82. The summed E-state index contributed by atoms with van der Waals surface area (Å²) in [6.45, 7) is 3.60. The van der Waals surface area contributed by atoms with Crippen molar-refractivity contribution in [3.8, 4) is 5.75 Å². The number of rotatable bonds is 8. The first-order valence-corrected chi connectivity index (χ1v) is 14.1. The maximum atomic E-state index is 13.7. The van der Waals surface area contributed by atoms with E-state index in [1.807, 2.05) is 37.3 Å². The maximum absolute atomic E-state index is 13.7. The number of nitrogens with one attached hydrogen (secondary N) is 2. The third-order valence-electron chi connectivity index (χ3n) is 7.42. The van der Waals surface area contributed by atoms with Gasteiger partial charge in [-0.3, -0.25) is 9.59 Å². The van der Waals surface area contributed by atoms with Crippen molar-refractivity contribution in [2.24, 2.45) is 5.92 Å². The highest BCUT2D eigenvalue weighted by Crippen LogP contribution is 2.32. The van der Waals surface area contributed by atoms with Gasteiger partial charge in [-0.2, -0.15) is 13.2 Å². The van der Waals surface area contributed by atoms with Crippen molar-refractivity contribution in [2.75, 3.05) is 37.4 Å². The van der Waals surface area contributed by atoms with Crippen LogP contribution >= 0.6 is 0 Å². The van der Waals surface area contributed by atoms with Crippen molar-refractivity contribution in [1.82, 2.24) is 9.80 Å². The van der Waals surface area contributed by atoms with E-state index >= 15 is 0 Å². The summed E-state index contributed by atoms with van der Waals surface area (Å²) in [6, 6.07) is 17.0. The van der Waals surface area contributed by atoms with Crippen LogP contribution in [0.25, 0.3) is 0 Å². The molecule has 3 aromatic rings. The highest BCUT2D eigenvalue weighted by Gasteiger charge is 2.34. The number of alkyl halides is 3. The first-order valence-electron chi connectivity index (χ1n) is 14.1. The molecule has 0 unspecified atom stereocenters. The quantitative estimate of drug-likeness (QED) is 0.321. The topological polar surface area (TPSA) is 111 Å². The van der Waals surface area contributed by atoms with Crippen LogP contribution in [0.15, 0.2) is 72.8 Å². The molecule has 0 saturated carbocycles. The van der Waals surface area contributed by atoms with Crippen LogP contribution in [0, 0.1) is 5.92 Å². The molecule has 0 fully saturated rings. The molecule has 0 aliphatic carbocycles. The van der Waals surface area contributed by atoms with E-state index in [0.717, 1.165) is 17.7 Å². The van der Waals surface area contributed by atoms with E-state index in [0.29, 0.717) is 5.69 Å². The van der Waals surface area contributed by atoms with Crippen LogP contribution in [0.1, 0.15) is 35.3 Å². The molecule has 12 heteroatoms. The van der Waals surface area contributed by atoms with Gasteiger partial charge >= 0.3 is 12.2 Å². The molecule has 4 rings (SSSR count). The lowest BCUT2D eigenvalue weighted by atomic mass is 9.99. The van der Waals surface area contributed by atoms with Gasteiger partial charge in [0.15, 0.2) is 0 Å². The minimum absolute atomic E-state index is 0.0815. The van der Waals surface area contributed by atoms with Crippen LogP contribution in [0.2, 0.25) is 0 Å². The minimum atomic E-state index is -4.49. The average Bonchev–Trinajstić information content (AvgIpc) is 2.99. The van der Waals surface area contributed by atoms with E-state index in [2.05, 4.69) is 10.6 Å². The molecule has 1 heterocycles. The third kappa shape index (κ3) is 8.07. The van der Waals surface area contributed by atoms with Crippen LogP contribution in [0.5, 0.6) is 5.75 Å². The van der Waals surface area contributed by atoms with Crippen molar-refractivity contribution in [1.29, 1.82) is 0 Å². The number of aliphatic hydroxyl groups is 1. The van der Waals surface area contributed by atoms with Crippen molar-refractivity contribution in [3.63, 3.8) is 0 Å².